The van der Waals surface area contributed by atoms with Gasteiger partial charge in [-0.25, -0.2) is 0 Å². The van der Waals surface area contributed by atoms with Crippen LogP contribution in [0.15, 0.2) is 24.3 Å². The maximum atomic E-state index is 5.64. The summed E-state index contributed by atoms with van der Waals surface area (Å²) < 4.78 is 16.3. The summed E-state index contributed by atoms with van der Waals surface area (Å²) in [7, 11) is 1.66. The first-order chi connectivity index (χ1) is 8.88. The molecule has 1 aliphatic heterocycles. The van der Waals surface area contributed by atoms with Crippen LogP contribution in [0.25, 0.3) is 0 Å². The lowest BCUT2D eigenvalue weighted by Gasteiger charge is -2.09. The zero-order valence-corrected chi connectivity index (χ0v) is 10.9. The number of nitrogens with two attached hydrogens (primary N) is 1. The number of benzene rings is 1. The summed E-state index contributed by atoms with van der Waals surface area (Å²) in [5.74, 6) is 1.74. The lowest BCUT2D eigenvalue weighted by molar-refractivity contribution is -0.661. The van der Waals surface area contributed by atoms with Gasteiger partial charge in [0.1, 0.15) is 37.3 Å². The molecule has 0 unspecified atom stereocenters. The average molecular weight is 252 g/mol. The second-order valence-electron chi connectivity index (χ2n) is 4.47. The van der Waals surface area contributed by atoms with Crippen molar-refractivity contribution in [2.45, 2.75) is 18.9 Å². The Morgan fingerprint density at radius 2 is 2.06 bits per heavy atom. The van der Waals surface area contributed by atoms with Crippen LogP contribution >= 0.6 is 0 Å². The lowest BCUT2D eigenvalue weighted by atomic mass is 10.2. The largest absolute Gasteiger partial charge is 0.497 e. The molecule has 0 saturated carbocycles. The zero-order valence-electron chi connectivity index (χ0n) is 10.9. The minimum Gasteiger partial charge on any atom is -0.497 e. The SMILES string of the molecule is COc1ccc(OCC[NH2+]C[C@@H]2CCCO2)cc1. The number of ether oxygens (including phenoxy) is 3. The van der Waals surface area contributed by atoms with Crippen LogP contribution in [0.4, 0.5) is 0 Å². The van der Waals surface area contributed by atoms with E-state index in [1.165, 1.54) is 12.8 Å². The molecule has 1 atom stereocenters. The fourth-order valence-electron chi connectivity index (χ4n) is 2.07. The highest BCUT2D eigenvalue weighted by molar-refractivity contribution is 5.31. The number of hydrogen-bond acceptors (Lipinski definition) is 3. The van der Waals surface area contributed by atoms with Gasteiger partial charge in [-0.15, -0.1) is 0 Å². The number of methoxy groups -OCH3 is 1. The normalized spacial score (nSPS) is 18.8. The van der Waals surface area contributed by atoms with E-state index in [2.05, 4.69) is 5.32 Å². The van der Waals surface area contributed by atoms with Crippen LogP contribution in [0.2, 0.25) is 0 Å². The molecule has 1 saturated heterocycles. The minimum absolute atomic E-state index is 0.450. The third-order valence-electron chi connectivity index (χ3n) is 3.10. The van der Waals surface area contributed by atoms with Crippen LogP contribution in [-0.2, 0) is 4.74 Å². The van der Waals surface area contributed by atoms with Crippen LogP contribution in [0, 0.1) is 0 Å². The first-order valence-corrected chi connectivity index (χ1v) is 6.58. The third-order valence-corrected chi connectivity index (χ3v) is 3.10. The topological polar surface area (TPSA) is 44.3 Å². The molecule has 1 aromatic carbocycles. The van der Waals surface area contributed by atoms with Crippen LogP contribution < -0.4 is 14.8 Å². The highest BCUT2D eigenvalue weighted by Crippen LogP contribution is 2.16. The van der Waals surface area contributed by atoms with Gasteiger partial charge in [-0.3, -0.25) is 0 Å². The molecule has 4 nitrogen and oxygen atoms in total. The van der Waals surface area contributed by atoms with E-state index >= 15 is 0 Å². The van der Waals surface area contributed by atoms with Gasteiger partial charge in [0.25, 0.3) is 0 Å². The fraction of sp³-hybridized carbons (Fsp3) is 0.571. The predicted molar refractivity (Wildman–Crippen MR) is 69.1 cm³/mol. The molecule has 2 rings (SSSR count). The summed E-state index contributed by atoms with van der Waals surface area (Å²) in [6.07, 6.45) is 2.86. The van der Waals surface area contributed by atoms with E-state index in [0.717, 1.165) is 37.8 Å². The van der Waals surface area contributed by atoms with E-state index in [1.807, 2.05) is 24.3 Å². The van der Waals surface area contributed by atoms with Crippen molar-refractivity contribution < 1.29 is 19.5 Å². The lowest BCUT2D eigenvalue weighted by Crippen LogP contribution is -2.87. The van der Waals surface area contributed by atoms with E-state index < -0.39 is 0 Å². The van der Waals surface area contributed by atoms with Gasteiger partial charge in [0.2, 0.25) is 0 Å². The van der Waals surface area contributed by atoms with Gasteiger partial charge in [0.15, 0.2) is 0 Å². The van der Waals surface area contributed by atoms with Crippen LogP contribution in [0.1, 0.15) is 12.8 Å². The molecular weight excluding hydrogens is 230 g/mol. The van der Waals surface area contributed by atoms with Crippen molar-refractivity contribution >= 4 is 0 Å². The molecule has 2 N–H and O–H groups in total. The molecule has 1 aliphatic rings. The van der Waals surface area contributed by atoms with Crippen molar-refractivity contribution in [1.29, 1.82) is 0 Å². The monoisotopic (exact) mass is 252 g/mol. The van der Waals surface area contributed by atoms with Crippen molar-refractivity contribution in [3.05, 3.63) is 24.3 Å². The Hall–Kier alpha value is -1.26. The van der Waals surface area contributed by atoms with Crippen LogP contribution in [-0.4, -0.2) is 39.5 Å². The summed E-state index contributed by atoms with van der Waals surface area (Å²) in [6, 6.07) is 7.68. The molecule has 0 radical (unpaired) electrons. The molecule has 1 aromatic rings. The minimum atomic E-state index is 0.450. The highest BCUT2D eigenvalue weighted by Gasteiger charge is 2.16. The van der Waals surface area contributed by atoms with Crippen molar-refractivity contribution in [3.8, 4) is 11.5 Å². The molecule has 0 spiro atoms. The second-order valence-corrected chi connectivity index (χ2v) is 4.47. The summed E-state index contributed by atoms with van der Waals surface area (Å²) >= 11 is 0. The van der Waals surface area contributed by atoms with Crippen molar-refractivity contribution in [2.24, 2.45) is 0 Å². The van der Waals surface area contributed by atoms with Crippen LogP contribution in [0.5, 0.6) is 11.5 Å². The first kappa shape index (κ1) is 13.2. The van der Waals surface area contributed by atoms with Gasteiger partial charge >= 0.3 is 0 Å². The molecule has 0 amide bonds. The van der Waals surface area contributed by atoms with E-state index in [9.17, 15) is 0 Å². The van der Waals surface area contributed by atoms with Crippen LogP contribution in [0.3, 0.4) is 0 Å². The molecule has 0 aromatic heterocycles. The Balaban J connectivity index is 1.56. The van der Waals surface area contributed by atoms with Gasteiger partial charge in [-0.1, -0.05) is 0 Å². The van der Waals surface area contributed by atoms with Gasteiger partial charge in [-0.2, -0.15) is 0 Å². The number of rotatable bonds is 7. The maximum Gasteiger partial charge on any atom is 0.137 e. The molecule has 100 valence electrons. The van der Waals surface area contributed by atoms with E-state index in [-0.39, 0.29) is 0 Å². The van der Waals surface area contributed by atoms with Crippen molar-refractivity contribution in [3.63, 3.8) is 0 Å². The maximum absolute atomic E-state index is 5.64. The van der Waals surface area contributed by atoms with Gasteiger partial charge in [0, 0.05) is 6.61 Å². The van der Waals surface area contributed by atoms with Gasteiger partial charge in [0.05, 0.1) is 7.11 Å². The number of quaternary nitrogens is 1. The van der Waals surface area contributed by atoms with E-state index in [1.54, 1.807) is 7.11 Å². The quantitative estimate of drug-likeness (QED) is 0.731. The van der Waals surface area contributed by atoms with E-state index in [0.29, 0.717) is 6.10 Å². The summed E-state index contributed by atoms with van der Waals surface area (Å²) in [5.41, 5.74) is 0. The third kappa shape index (κ3) is 4.20. The Labute approximate surface area is 108 Å². The average Bonchev–Trinajstić information content (AvgIpc) is 2.92. The summed E-state index contributed by atoms with van der Waals surface area (Å²) in [4.78, 5) is 0. The predicted octanol–water partition coefficient (Wildman–Crippen LogP) is 0.816. The van der Waals surface area contributed by atoms with Gasteiger partial charge in [-0.05, 0) is 37.1 Å². The summed E-state index contributed by atoms with van der Waals surface area (Å²) in [6.45, 7) is 3.66. The Morgan fingerprint density at radius 3 is 2.72 bits per heavy atom. The van der Waals surface area contributed by atoms with E-state index in [4.69, 9.17) is 14.2 Å². The van der Waals surface area contributed by atoms with Gasteiger partial charge < -0.3 is 19.5 Å². The Bertz CT molecular complexity index is 333. The highest BCUT2D eigenvalue weighted by atomic mass is 16.5. The number of hydrogen-bond donors (Lipinski definition) is 1. The fourth-order valence-corrected chi connectivity index (χ4v) is 2.07. The Morgan fingerprint density at radius 1 is 1.28 bits per heavy atom. The zero-order chi connectivity index (χ0) is 12.6. The molecule has 1 fully saturated rings. The molecule has 0 aliphatic carbocycles. The molecule has 1 heterocycles. The molecule has 0 bridgehead atoms. The second kappa shape index (κ2) is 7.24. The standard InChI is InChI=1S/C14H21NO3/c1-16-12-4-6-13(7-5-12)18-10-8-15-11-14-3-2-9-17-14/h4-7,14-15H,2-3,8-11H2,1H3/p+1/t14-/m0/s1. The molecular formula is C14H22NO3+. The summed E-state index contributed by atoms with van der Waals surface area (Å²) in [5, 5.41) is 2.26. The van der Waals surface area contributed by atoms with Crippen molar-refractivity contribution in [1.82, 2.24) is 0 Å². The molecule has 4 heteroatoms. The van der Waals surface area contributed by atoms with Crippen molar-refractivity contribution in [2.75, 3.05) is 33.4 Å². The smallest absolute Gasteiger partial charge is 0.137 e. The first-order valence-electron chi connectivity index (χ1n) is 6.58. The Kier molecular flexibility index (Phi) is 5.30. The molecule has 18 heavy (non-hydrogen) atoms.